The third-order valence-corrected chi connectivity index (χ3v) is 2.09. The minimum atomic E-state index is 0.370. The molecule has 0 aliphatic rings. The molecule has 14 heavy (non-hydrogen) atoms. The summed E-state index contributed by atoms with van der Waals surface area (Å²) in [5.74, 6) is 0.390. The minimum absolute atomic E-state index is 0.370. The minimum Gasteiger partial charge on any atom is -0.198 e. The topological polar surface area (TPSA) is 47.6 Å². The van der Waals surface area contributed by atoms with E-state index in [0.29, 0.717) is 17.9 Å². The number of nitrogens with zero attached hydrogens (tertiary/aromatic N) is 2. The monoisotopic (exact) mass is 184 g/mol. The van der Waals surface area contributed by atoms with Gasteiger partial charge in [0.1, 0.15) is 0 Å². The highest BCUT2D eigenvalue weighted by Crippen LogP contribution is 2.18. The van der Waals surface area contributed by atoms with Crippen molar-refractivity contribution in [3.8, 4) is 12.1 Å². The van der Waals surface area contributed by atoms with Gasteiger partial charge in [0.15, 0.2) is 0 Å². The Kier molecular flexibility index (Phi) is 3.26. The molecule has 1 aromatic carbocycles. The quantitative estimate of drug-likeness (QED) is 0.709. The maximum Gasteiger partial charge on any atom is 0.0991 e. The van der Waals surface area contributed by atoms with Crippen LogP contribution in [-0.4, -0.2) is 0 Å². The van der Waals surface area contributed by atoms with Crippen molar-refractivity contribution in [3.63, 3.8) is 0 Å². The molecule has 0 aliphatic carbocycles. The molecule has 0 saturated carbocycles. The van der Waals surface area contributed by atoms with Crippen LogP contribution in [0.4, 0.5) is 0 Å². The van der Waals surface area contributed by atoms with E-state index in [-0.39, 0.29) is 0 Å². The van der Waals surface area contributed by atoms with Gasteiger partial charge in [-0.15, -0.1) is 0 Å². The van der Waals surface area contributed by atoms with Crippen LogP contribution < -0.4 is 0 Å². The molecule has 0 radical (unpaired) electrons. The zero-order valence-corrected chi connectivity index (χ0v) is 8.41. The van der Waals surface area contributed by atoms with Gasteiger partial charge in [-0.1, -0.05) is 19.9 Å². The summed E-state index contributed by atoms with van der Waals surface area (Å²) in [5.41, 5.74) is 2.69. The van der Waals surface area contributed by atoms with E-state index < -0.39 is 0 Å². The van der Waals surface area contributed by atoms with E-state index in [1.54, 1.807) is 6.07 Å². The van der Waals surface area contributed by atoms with E-state index in [4.69, 9.17) is 10.5 Å². The van der Waals surface area contributed by atoms with Crippen molar-refractivity contribution >= 4 is 0 Å². The highest BCUT2D eigenvalue weighted by Gasteiger charge is 2.03. The molecule has 0 amide bonds. The maximum atomic E-state index is 8.80. The van der Waals surface area contributed by atoms with Crippen molar-refractivity contribution in [1.29, 1.82) is 10.5 Å². The maximum absolute atomic E-state index is 8.80. The van der Waals surface area contributed by atoms with Gasteiger partial charge < -0.3 is 0 Å². The van der Waals surface area contributed by atoms with E-state index in [1.807, 2.05) is 12.1 Å². The summed E-state index contributed by atoms with van der Waals surface area (Å²) < 4.78 is 0. The molecule has 0 saturated heterocycles. The molecular formula is C12H12N2. The molecule has 0 N–H and O–H groups in total. The molecule has 0 unspecified atom stereocenters. The average Bonchev–Trinajstić information content (AvgIpc) is 2.17. The van der Waals surface area contributed by atoms with Crippen LogP contribution in [0.5, 0.6) is 0 Å². The predicted molar refractivity (Wildman–Crippen MR) is 54.6 cm³/mol. The fourth-order valence-electron chi connectivity index (χ4n) is 1.31. The Morgan fingerprint density at radius 2 is 1.93 bits per heavy atom. The van der Waals surface area contributed by atoms with Crippen molar-refractivity contribution < 1.29 is 0 Å². The SMILES string of the molecule is CC(C)c1cc(C#N)cc(CC#N)c1. The molecule has 2 heteroatoms. The Morgan fingerprint density at radius 3 is 2.43 bits per heavy atom. The zero-order chi connectivity index (χ0) is 10.6. The Balaban J connectivity index is 3.16. The van der Waals surface area contributed by atoms with Crippen LogP contribution in [0, 0.1) is 22.7 Å². The number of hydrogen-bond acceptors (Lipinski definition) is 2. The molecule has 0 aromatic heterocycles. The van der Waals surface area contributed by atoms with E-state index >= 15 is 0 Å². The second-order valence-electron chi connectivity index (χ2n) is 3.56. The number of nitriles is 2. The standard InChI is InChI=1S/C12H12N2/c1-9(2)12-6-10(3-4-13)5-11(7-12)8-14/h5-7,9H,3H2,1-2H3. The third kappa shape index (κ3) is 2.34. The molecule has 0 heterocycles. The fraction of sp³-hybridized carbons (Fsp3) is 0.333. The van der Waals surface area contributed by atoms with Gasteiger partial charge in [0.05, 0.1) is 24.1 Å². The van der Waals surface area contributed by atoms with Gasteiger partial charge in [0.2, 0.25) is 0 Å². The fourth-order valence-corrected chi connectivity index (χ4v) is 1.31. The number of hydrogen-bond donors (Lipinski definition) is 0. The van der Waals surface area contributed by atoms with Crippen LogP contribution in [0.1, 0.15) is 36.5 Å². The van der Waals surface area contributed by atoms with Crippen LogP contribution in [-0.2, 0) is 6.42 Å². The van der Waals surface area contributed by atoms with Gasteiger partial charge in [-0.3, -0.25) is 0 Å². The molecule has 1 rings (SSSR count). The van der Waals surface area contributed by atoms with Crippen LogP contribution in [0.15, 0.2) is 18.2 Å². The van der Waals surface area contributed by atoms with Crippen LogP contribution in [0.3, 0.4) is 0 Å². The number of benzene rings is 1. The van der Waals surface area contributed by atoms with Crippen molar-refractivity contribution in [2.75, 3.05) is 0 Å². The summed E-state index contributed by atoms with van der Waals surface area (Å²) in [6, 6.07) is 9.85. The van der Waals surface area contributed by atoms with Crippen LogP contribution in [0.2, 0.25) is 0 Å². The van der Waals surface area contributed by atoms with Crippen LogP contribution in [0.25, 0.3) is 0 Å². The molecule has 0 aliphatic heterocycles. The largest absolute Gasteiger partial charge is 0.198 e. The molecular weight excluding hydrogens is 172 g/mol. The first-order valence-corrected chi connectivity index (χ1v) is 4.58. The van der Waals surface area contributed by atoms with Gasteiger partial charge in [-0.05, 0) is 29.2 Å². The van der Waals surface area contributed by atoms with Gasteiger partial charge in [-0.25, -0.2) is 0 Å². The first-order valence-electron chi connectivity index (χ1n) is 4.58. The Labute approximate surface area is 84.4 Å². The van der Waals surface area contributed by atoms with Gasteiger partial charge in [0, 0.05) is 0 Å². The molecule has 2 nitrogen and oxygen atoms in total. The summed E-state index contributed by atoms with van der Waals surface area (Å²) in [5, 5.41) is 17.4. The normalized spacial score (nSPS) is 9.50. The first kappa shape index (κ1) is 10.3. The second kappa shape index (κ2) is 4.44. The van der Waals surface area contributed by atoms with Crippen molar-refractivity contribution in [2.45, 2.75) is 26.2 Å². The summed E-state index contributed by atoms with van der Waals surface area (Å²) in [7, 11) is 0. The van der Waals surface area contributed by atoms with E-state index in [1.165, 1.54) is 0 Å². The molecule has 0 bridgehead atoms. The van der Waals surface area contributed by atoms with Crippen molar-refractivity contribution in [3.05, 3.63) is 34.9 Å². The summed E-state index contributed by atoms with van der Waals surface area (Å²) in [6.45, 7) is 4.15. The second-order valence-corrected chi connectivity index (χ2v) is 3.56. The first-order chi connectivity index (χ1) is 6.67. The summed E-state index contributed by atoms with van der Waals surface area (Å²) in [6.07, 6.45) is 0.370. The lowest BCUT2D eigenvalue weighted by molar-refractivity contribution is 0.863. The van der Waals surface area contributed by atoms with Gasteiger partial charge in [0.25, 0.3) is 0 Å². The number of rotatable bonds is 2. The van der Waals surface area contributed by atoms with Crippen molar-refractivity contribution in [1.82, 2.24) is 0 Å². The Morgan fingerprint density at radius 1 is 1.21 bits per heavy atom. The third-order valence-electron chi connectivity index (χ3n) is 2.09. The lowest BCUT2D eigenvalue weighted by Gasteiger charge is -2.07. The van der Waals surface area contributed by atoms with E-state index in [2.05, 4.69) is 26.0 Å². The molecule has 0 fully saturated rings. The van der Waals surface area contributed by atoms with Gasteiger partial charge >= 0.3 is 0 Å². The highest BCUT2D eigenvalue weighted by atomic mass is 14.2. The van der Waals surface area contributed by atoms with Gasteiger partial charge in [-0.2, -0.15) is 10.5 Å². The zero-order valence-electron chi connectivity index (χ0n) is 8.41. The highest BCUT2D eigenvalue weighted by molar-refractivity contribution is 5.39. The Hall–Kier alpha value is -1.80. The average molecular weight is 184 g/mol. The predicted octanol–water partition coefficient (Wildman–Crippen LogP) is 2.75. The molecule has 0 atom stereocenters. The summed E-state index contributed by atoms with van der Waals surface area (Å²) in [4.78, 5) is 0. The van der Waals surface area contributed by atoms with Crippen LogP contribution >= 0.6 is 0 Å². The van der Waals surface area contributed by atoms with E-state index in [9.17, 15) is 0 Å². The lowest BCUT2D eigenvalue weighted by Crippen LogP contribution is -1.92. The molecule has 0 spiro atoms. The Bertz CT molecular complexity index is 405. The molecule has 1 aromatic rings. The lowest BCUT2D eigenvalue weighted by atomic mass is 9.97. The summed E-state index contributed by atoms with van der Waals surface area (Å²) >= 11 is 0. The smallest absolute Gasteiger partial charge is 0.0991 e. The van der Waals surface area contributed by atoms with Crippen molar-refractivity contribution in [2.24, 2.45) is 0 Å². The van der Waals surface area contributed by atoms with E-state index in [0.717, 1.165) is 11.1 Å². The molecule has 70 valence electrons.